The number of aliphatic imine (C=N–C) groups is 1. The predicted molar refractivity (Wildman–Crippen MR) is 62.6 cm³/mol. The number of fused-ring (bicyclic) bond motifs is 1. The molecule has 1 aromatic carbocycles. The fourth-order valence-corrected chi connectivity index (χ4v) is 1.96. The van der Waals surface area contributed by atoms with Gasteiger partial charge in [-0.3, -0.25) is 4.79 Å². The molecule has 0 saturated carbocycles. The van der Waals surface area contributed by atoms with Gasteiger partial charge in [0, 0.05) is 5.56 Å². The summed E-state index contributed by atoms with van der Waals surface area (Å²) in [4.78, 5) is 25.4. The number of hydrogen-bond acceptors (Lipinski definition) is 4. The first-order valence-electron chi connectivity index (χ1n) is 5.20. The molecule has 0 aliphatic carbocycles. The van der Waals surface area contributed by atoms with Gasteiger partial charge in [-0.15, -0.1) is 0 Å². The Bertz CT molecular complexity index is 558. The van der Waals surface area contributed by atoms with Gasteiger partial charge in [-0.05, 0) is 31.9 Å². The zero-order chi connectivity index (χ0) is 12.6. The van der Waals surface area contributed by atoms with Crippen LogP contribution in [0.1, 0.15) is 16.7 Å². The molecule has 0 bridgehead atoms. The van der Waals surface area contributed by atoms with Crippen LogP contribution in [0.3, 0.4) is 0 Å². The van der Waals surface area contributed by atoms with Gasteiger partial charge in [-0.2, -0.15) is 4.99 Å². The molecule has 5 heteroatoms. The quantitative estimate of drug-likeness (QED) is 0.594. The Labute approximate surface area is 98.5 Å². The van der Waals surface area contributed by atoms with Crippen LogP contribution in [-0.2, 0) is 9.59 Å². The third-order valence-electron chi connectivity index (χ3n) is 2.99. The molecule has 1 aliphatic rings. The number of anilines is 1. The summed E-state index contributed by atoms with van der Waals surface area (Å²) in [5.41, 5.74) is 3.60. The Hall–Kier alpha value is -2.13. The molecule has 0 fully saturated rings. The van der Waals surface area contributed by atoms with Gasteiger partial charge >= 0.3 is 0 Å². The van der Waals surface area contributed by atoms with Gasteiger partial charge in [0.25, 0.3) is 5.91 Å². The van der Waals surface area contributed by atoms with Crippen LogP contribution in [-0.4, -0.2) is 18.6 Å². The molecular weight excluding hydrogens is 220 g/mol. The highest BCUT2D eigenvalue weighted by atomic mass is 16.5. The van der Waals surface area contributed by atoms with Crippen LogP contribution in [0.5, 0.6) is 5.75 Å². The van der Waals surface area contributed by atoms with Gasteiger partial charge in [0.05, 0.1) is 11.4 Å². The average Bonchev–Trinajstić information content (AvgIpc) is 2.32. The molecule has 1 aliphatic heterocycles. The van der Waals surface area contributed by atoms with E-state index in [1.54, 1.807) is 6.92 Å². The Morgan fingerprint density at radius 2 is 1.94 bits per heavy atom. The lowest BCUT2D eigenvalue weighted by Gasteiger charge is -2.24. The highest BCUT2D eigenvalue weighted by Gasteiger charge is 2.24. The van der Waals surface area contributed by atoms with Crippen molar-refractivity contribution in [3.05, 3.63) is 16.7 Å². The number of hydrogen-bond donors (Lipinski definition) is 1. The third kappa shape index (κ3) is 1.70. The van der Waals surface area contributed by atoms with Gasteiger partial charge in [-0.1, -0.05) is 0 Å². The molecule has 1 aromatic rings. The Balaban J connectivity index is 2.75. The van der Waals surface area contributed by atoms with E-state index in [0.717, 1.165) is 16.7 Å². The number of carbonyl (C=O) groups excluding carboxylic acids is 2. The van der Waals surface area contributed by atoms with E-state index in [-0.39, 0.29) is 12.5 Å². The highest BCUT2D eigenvalue weighted by Crippen LogP contribution is 2.42. The molecule has 2 rings (SSSR count). The first-order chi connectivity index (χ1) is 8.06. The molecule has 0 aromatic heterocycles. The second-order valence-electron chi connectivity index (χ2n) is 3.97. The minimum Gasteiger partial charge on any atom is -0.481 e. The fraction of sp³-hybridized carbons (Fsp3) is 0.333. The first kappa shape index (κ1) is 11.4. The van der Waals surface area contributed by atoms with E-state index in [0.29, 0.717) is 17.1 Å². The SMILES string of the molecule is Cc1c(C)c2c(c(C)c1N=C=O)NC(=O)CO2. The lowest BCUT2D eigenvalue weighted by Crippen LogP contribution is -2.26. The summed E-state index contributed by atoms with van der Waals surface area (Å²) in [5.74, 6) is 0.453. The summed E-state index contributed by atoms with van der Waals surface area (Å²) in [6, 6.07) is 0. The van der Waals surface area contributed by atoms with Crippen molar-refractivity contribution in [2.75, 3.05) is 11.9 Å². The molecule has 1 N–H and O–H groups in total. The molecule has 0 atom stereocenters. The summed E-state index contributed by atoms with van der Waals surface area (Å²) < 4.78 is 5.41. The van der Waals surface area contributed by atoms with Crippen molar-refractivity contribution >= 4 is 23.4 Å². The van der Waals surface area contributed by atoms with E-state index in [1.807, 2.05) is 13.8 Å². The maximum absolute atomic E-state index is 11.3. The Morgan fingerprint density at radius 1 is 1.24 bits per heavy atom. The standard InChI is InChI=1S/C12H12N2O3/c1-6-7(2)12-11(14-9(16)4-17-12)8(3)10(6)13-5-15/h4H2,1-3H3,(H,14,16). The van der Waals surface area contributed by atoms with E-state index in [9.17, 15) is 9.59 Å². The van der Waals surface area contributed by atoms with Crippen LogP contribution in [0, 0.1) is 20.8 Å². The molecule has 0 unspecified atom stereocenters. The molecule has 0 saturated heterocycles. The van der Waals surface area contributed by atoms with Crippen LogP contribution in [0.2, 0.25) is 0 Å². The van der Waals surface area contributed by atoms with Crippen LogP contribution in [0.25, 0.3) is 0 Å². The van der Waals surface area contributed by atoms with Crippen molar-refractivity contribution < 1.29 is 14.3 Å². The minimum atomic E-state index is -0.204. The zero-order valence-corrected chi connectivity index (χ0v) is 9.88. The smallest absolute Gasteiger partial charge is 0.262 e. The Kier molecular flexibility index (Phi) is 2.69. The second kappa shape index (κ2) is 4.03. The number of amides is 1. The van der Waals surface area contributed by atoms with Crippen LogP contribution < -0.4 is 10.1 Å². The number of nitrogens with zero attached hydrogens (tertiary/aromatic N) is 1. The van der Waals surface area contributed by atoms with Gasteiger partial charge < -0.3 is 10.1 Å². The minimum absolute atomic E-state index is 0.0169. The number of nitrogens with one attached hydrogen (secondary N) is 1. The lowest BCUT2D eigenvalue weighted by molar-refractivity contribution is -0.118. The van der Waals surface area contributed by atoms with Gasteiger partial charge in [-0.25, -0.2) is 4.79 Å². The topological polar surface area (TPSA) is 67.8 Å². The van der Waals surface area contributed by atoms with Gasteiger partial charge in [0.2, 0.25) is 6.08 Å². The lowest BCUT2D eigenvalue weighted by atomic mass is 9.99. The fourth-order valence-electron chi connectivity index (χ4n) is 1.96. The monoisotopic (exact) mass is 232 g/mol. The van der Waals surface area contributed by atoms with E-state index in [1.165, 1.54) is 6.08 Å². The molecule has 5 nitrogen and oxygen atoms in total. The number of benzene rings is 1. The van der Waals surface area contributed by atoms with E-state index >= 15 is 0 Å². The van der Waals surface area contributed by atoms with E-state index in [4.69, 9.17) is 4.74 Å². The molecule has 88 valence electrons. The Morgan fingerprint density at radius 3 is 2.59 bits per heavy atom. The van der Waals surface area contributed by atoms with E-state index in [2.05, 4.69) is 10.3 Å². The highest BCUT2D eigenvalue weighted by molar-refractivity contribution is 5.98. The maximum Gasteiger partial charge on any atom is 0.262 e. The van der Waals surface area contributed by atoms with Crippen molar-refractivity contribution in [3.8, 4) is 5.75 Å². The number of rotatable bonds is 1. The molecule has 17 heavy (non-hydrogen) atoms. The summed E-state index contributed by atoms with van der Waals surface area (Å²) in [6.07, 6.45) is 1.53. The van der Waals surface area contributed by atoms with Crippen molar-refractivity contribution in [2.45, 2.75) is 20.8 Å². The van der Waals surface area contributed by atoms with Gasteiger partial charge in [0.15, 0.2) is 6.61 Å². The summed E-state index contributed by atoms with van der Waals surface area (Å²) >= 11 is 0. The molecular formula is C12H12N2O3. The summed E-state index contributed by atoms with van der Waals surface area (Å²) in [6.45, 7) is 5.53. The number of ether oxygens (including phenoxy) is 1. The van der Waals surface area contributed by atoms with Crippen LogP contribution >= 0.6 is 0 Å². The number of isocyanates is 1. The van der Waals surface area contributed by atoms with Gasteiger partial charge in [0.1, 0.15) is 5.75 Å². The summed E-state index contributed by atoms with van der Waals surface area (Å²) in [7, 11) is 0. The normalized spacial score (nSPS) is 13.2. The third-order valence-corrected chi connectivity index (χ3v) is 2.99. The second-order valence-corrected chi connectivity index (χ2v) is 3.97. The van der Waals surface area contributed by atoms with Crippen molar-refractivity contribution in [3.63, 3.8) is 0 Å². The molecule has 0 spiro atoms. The number of carbonyl (C=O) groups is 1. The molecule has 1 heterocycles. The molecule has 1 amide bonds. The van der Waals surface area contributed by atoms with Crippen LogP contribution in [0.4, 0.5) is 11.4 Å². The summed E-state index contributed by atoms with van der Waals surface area (Å²) in [5, 5.41) is 2.74. The first-order valence-corrected chi connectivity index (χ1v) is 5.20. The average molecular weight is 232 g/mol. The maximum atomic E-state index is 11.3. The predicted octanol–water partition coefficient (Wildman–Crippen LogP) is 1.91. The van der Waals surface area contributed by atoms with Crippen molar-refractivity contribution in [1.82, 2.24) is 0 Å². The zero-order valence-electron chi connectivity index (χ0n) is 9.88. The van der Waals surface area contributed by atoms with Crippen molar-refractivity contribution in [2.24, 2.45) is 4.99 Å². The van der Waals surface area contributed by atoms with E-state index < -0.39 is 0 Å². The largest absolute Gasteiger partial charge is 0.481 e. The van der Waals surface area contributed by atoms with Crippen molar-refractivity contribution in [1.29, 1.82) is 0 Å². The van der Waals surface area contributed by atoms with Crippen LogP contribution in [0.15, 0.2) is 4.99 Å². The molecule has 0 radical (unpaired) electrons.